The second-order valence-corrected chi connectivity index (χ2v) is 7.98. The van der Waals surface area contributed by atoms with Crippen molar-refractivity contribution in [1.82, 2.24) is 9.80 Å². The predicted octanol–water partition coefficient (Wildman–Crippen LogP) is 2.57. The number of rotatable bonds is 4. The van der Waals surface area contributed by atoms with Gasteiger partial charge in [-0.2, -0.15) is 0 Å². The predicted molar refractivity (Wildman–Crippen MR) is 107 cm³/mol. The summed E-state index contributed by atoms with van der Waals surface area (Å²) in [5.74, 6) is -0.829. The van der Waals surface area contributed by atoms with E-state index in [1.165, 1.54) is 6.07 Å². The zero-order valence-electron chi connectivity index (χ0n) is 16.1. The van der Waals surface area contributed by atoms with Crippen LogP contribution in [-0.4, -0.2) is 66.3 Å². The van der Waals surface area contributed by atoms with Gasteiger partial charge in [-0.25, -0.2) is 8.78 Å². The van der Waals surface area contributed by atoms with Gasteiger partial charge >= 0.3 is 0 Å². The maximum Gasteiger partial charge on any atom is 0.267 e. The molecule has 1 unspecified atom stereocenters. The summed E-state index contributed by atoms with van der Waals surface area (Å²) in [6.45, 7) is 1.78. The highest BCUT2D eigenvalue weighted by atomic mass is 32.2. The Hall–Kier alpha value is -2.81. The molecule has 0 saturated carbocycles. The highest BCUT2D eigenvalue weighted by Gasteiger charge is 2.33. The van der Waals surface area contributed by atoms with E-state index in [0.717, 1.165) is 23.9 Å². The minimum absolute atomic E-state index is 0.108. The SMILES string of the molecule is O=C(CSc1ccc(F)c(F)c1)N1CCN(C(=O)C2COc3ccccc3O2)CC1. The monoisotopic (exact) mass is 434 g/mol. The molecular weight excluding hydrogens is 414 g/mol. The van der Waals surface area contributed by atoms with Crippen LogP contribution in [-0.2, 0) is 9.59 Å². The van der Waals surface area contributed by atoms with Crippen molar-refractivity contribution in [2.75, 3.05) is 38.5 Å². The molecule has 6 nitrogen and oxygen atoms in total. The molecule has 4 rings (SSSR count). The van der Waals surface area contributed by atoms with Crippen LogP contribution in [0.4, 0.5) is 8.78 Å². The van der Waals surface area contributed by atoms with Crippen molar-refractivity contribution in [3.63, 3.8) is 0 Å². The molecule has 1 saturated heterocycles. The third-order valence-electron chi connectivity index (χ3n) is 4.98. The van der Waals surface area contributed by atoms with Crippen molar-refractivity contribution in [2.45, 2.75) is 11.0 Å². The zero-order chi connectivity index (χ0) is 21.1. The van der Waals surface area contributed by atoms with Gasteiger partial charge in [-0.1, -0.05) is 12.1 Å². The first-order chi connectivity index (χ1) is 14.5. The van der Waals surface area contributed by atoms with Gasteiger partial charge in [0.1, 0.15) is 6.61 Å². The summed E-state index contributed by atoms with van der Waals surface area (Å²) in [5.41, 5.74) is 0. The van der Waals surface area contributed by atoms with Gasteiger partial charge in [0.25, 0.3) is 5.91 Å². The number of fused-ring (bicyclic) bond motifs is 1. The van der Waals surface area contributed by atoms with E-state index < -0.39 is 17.7 Å². The van der Waals surface area contributed by atoms with Gasteiger partial charge in [0.2, 0.25) is 12.0 Å². The summed E-state index contributed by atoms with van der Waals surface area (Å²) in [6.07, 6.45) is -0.703. The van der Waals surface area contributed by atoms with Crippen molar-refractivity contribution in [2.24, 2.45) is 0 Å². The average Bonchev–Trinajstić information content (AvgIpc) is 2.79. The molecule has 2 amide bonds. The normalized spacial score (nSPS) is 18.3. The van der Waals surface area contributed by atoms with E-state index in [1.807, 2.05) is 12.1 Å². The molecule has 0 radical (unpaired) electrons. The molecule has 2 aliphatic heterocycles. The Balaban J connectivity index is 1.25. The van der Waals surface area contributed by atoms with E-state index in [2.05, 4.69) is 0 Å². The standard InChI is InChI=1S/C21H20F2N2O4S/c22-15-6-5-14(11-16(15)23)30-13-20(26)24-7-9-25(10-8-24)21(27)19-12-28-17-3-1-2-4-18(17)29-19/h1-6,11,19H,7-10,12-13H2. The number of halogens is 2. The fourth-order valence-corrected chi connectivity index (χ4v) is 4.15. The van der Waals surface area contributed by atoms with Crippen LogP contribution in [0.15, 0.2) is 47.4 Å². The smallest absolute Gasteiger partial charge is 0.267 e. The number of carbonyl (C=O) groups is 2. The highest BCUT2D eigenvalue weighted by molar-refractivity contribution is 8.00. The Labute approximate surface area is 176 Å². The van der Waals surface area contributed by atoms with Gasteiger partial charge in [-0.3, -0.25) is 9.59 Å². The van der Waals surface area contributed by atoms with E-state index in [-0.39, 0.29) is 24.2 Å². The molecule has 1 atom stereocenters. The number of para-hydroxylation sites is 2. The van der Waals surface area contributed by atoms with Gasteiger partial charge in [0.05, 0.1) is 5.75 Å². The molecule has 0 spiro atoms. The van der Waals surface area contributed by atoms with Gasteiger partial charge < -0.3 is 19.3 Å². The van der Waals surface area contributed by atoms with Crippen LogP contribution >= 0.6 is 11.8 Å². The third-order valence-corrected chi connectivity index (χ3v) is 5.96. The Morgan fingerprint density at radius 1 is 0.967 bits per heavy atom. The Morgan fingerprint density at radius 2 is 1.67 bits per heavy atom. The number of amides is 2. The largest absolute Gasteiger partial charge is 0.485 e. The molecule has 0 aromatic heterocycles. The number of benzene rings is 2. The summed E-state index contributed by atoms with van der Waals surface area (Å²) in [6, 6.07) is 10.8. The molecule has 2 aliphatic rings. The Bertz CT molecular complexity index is 950. The van der Waals surface area contributed by atoms with Crippen LogP contribution in [0.25, 0.3) is 0 Å². The Kier molecular flexibility index (Phi) is 6.08. The van der Waals surface area contributed by atoms with Crippen molar-refractivity contribution in [3.05, 3.63) is 54.1 Å². The van der Waals surface area contributed by atoms with Crippen LogP contribution in [0.2, 0.25) is 0 Å². The molecule has 9 heteroatoms. The number of hydrogen-bond acceptors (Lipinski definition) is 5. The number of carbonyl (C=O) groups excluding carboxylic acids is 2. The van der Waals surface area contributed by atoms with Gasteiger partial charge in [-0.15, -0.1) is 11.8 Å². The summed E-state index contributed by atoms with van der Waals surface area (Å²) < 4.78 is 37.6. The fourth-order valence-electron chi connectivity index (χ4n) is 3.32. The lowest BCUT2D eigenvalue weighted by Gasteiger charge is -2.37. The molecule has 158 valence electrons. The summed E-state index contributed by atoms with van der Waals surface area (Å²) in [4.78, 5) is 29.0. The van der Waals surface area contributed by atoms with E-state index in [9.17, 15) is 18.4 Å². The molecule has 30 heavy (non-hydrogen) atoms. The first-order valence-corrected chi connectivity index (χ1v) is 10.5. The van der Waals surface area contributed by atoms with Crippen molar-refractivity contribution >= 4 is 23.6 Å². The molecule has 2 aromatic rings. The van der Waals surface area contributed by atoms with Crippen molar-refractivity contribution in [3.8, 4) is 11.5 Å². The van der Waals surface area contributed by atoms with Gasteiger partial charge in [-0.05, 0) is 30.3 Å². The summed E-state index contributed by atoms with van der Waals surface area (Å²) in [7, 11) is 0. The third kappa shape index (κ3) is 4.51. The maximum absolute atomic E-state index is 13.3. The summed E-state index contributed by atoms with van der Waals surface area (Å²) in [5, 5.41) is 0. The zero-order valence-corrected chi connectivity index (χ0v) is 16.9. The lowest BCUT2D eigenvalue weighted by atomic mass is 10.2. The summed E-state index contributed by atoms with van der Waals surface area (Å²) >= 11 is 1.15. The molecule has 2 aromatic carbocycles. The second-order valence-electron chi connectivity index (χ2n) is 6.93. The van der Waals surface area contributed by atoms with E-state index in [1.54, 1.807) is 21.9 Å². The van der Waals surface area contributed by atoms with Gasteiger partial charge in [0.15, 0.2) is 23.1 Å². The topological polar surface area (TPSA) is 59.1 Å². The van der Waals surface area contributed by atoms with E-state index in [0.29, 0.717) is 42.6 Å². The number of thioether (sulfide) groups is 1. The lowest BCUT2D eigenvalue weighted by molar-refractivity contribution is -0.145. The minimum atomic E-state index is -0.934. The van der Waals surface area contributed by atoms with Gasteiger partial charge in [0, 0.05) is 31.1 Å². The quantitative estimate of drug-likeness (QED) is 0.693. The molecule has 0 bridgehead atoms. The van der Waals surface area contributed by atoms with Crippen molar-refractivity contribution in [1.29, 1.82) is 0 Å². The second kappa shape index (κ2) is 8.91. The lowest BCUT2D eigenvalue weighted by Crippen LogP contribution is -2.55. The van der Waals surface area contributed by atoms with E-state index >= 15 is 0 Å². The molecular formula is C21H20F2N2O4S. The molecule has 0 N–H and O–H groups in total. The minimum Gasteiger partial charge on any atom is -0.485 e. The number of ether oxygens (including phenoxy) is 2. The molecule has 2 heterocycles. The molecule has 0 aliphatic carbocycles. The van der Waals surface area contributed by atoms with Crippen LogP contribution in [0.3, 0.4) is 0 Å². The Morgan fingerprint density at radius 3 is 2.40 bits per heavy atom. The van der Waals surface area contributed by atoms with Crippen LogP contribution in [0.5, 0.6) is 11.5 Å². The highest BCUT2D eigenvalue weighted by Crippen LogP contribution is 2.31. The fraction of sp³-hybridized carbons (Fsp3) is 0.333. The maximum atomic E-state index is 13.3. The van der Waals surface area contributed by atoms with Crippen LogP contribution in [0, 0.1) is 11.6 Å². The van der Waals surface area contributed by atoms with E-state index in [4.69, 9.17) is 9.47 Å². The average molecular weight is 434 g/mol. The number of piperazine rings is 1. The first kappa shape index (κ1) is 20.5. The van der Waals surface area contributed by atoms with Crippen molar-refractivity contribution < 1.29 is 27.8 Å². The molecule has 1 fully saturated rings. The first-order valence-electron chi connectivity index (χ1n) is 9.54. The number of hydrogen-bond donors (Lipinski definition) is 0. The number of nitrogens with zero attached hydrogens (tertiary/aromatic N) is 2. The van der Waals surface area contributed by atoms with Crippen LogP contribution in [0.1, 0.15) is 0 Å². The van der Waals surface area contributed by atoms with Crippen LogP contribution < -0.4 is 9.47 Å².